The Morgan fingerprint density at radius 2 is 1.96 bits per heavy atom. The highest BCUT2D eigenvalue weighted by molar-refractivity contribution is 9.10. The lowest BCUT2D eigenvalue weighted by molar-refractivity contribution is -0.131. The van der Waals surface area contributed by atoms with Crippen molar-refractivity contribution in [3.05, 3.63) is 34.3 Å². The summed E-state index contributed by atoms with van der Waals surface area (Å²) in [5, 5.41) is 10.0. The van der Waals surface area contributed by atoms with Gasteiger partial charge in [-0.25, -0.2) is 0 Å². The van der Waals surface area contributed by atoms with Crippen LogP contribution in [0.5, 0.6) is 0 Å². The van der Waals surface area contributed by atoms with Gasteiger partial charge in [-0.1, -0.05) is 54.1 Å². The summed E-state index contributed by atoms with van der Waals surface area (Å²) >= 11 is 3.28. The van der Waals surface area contributed by atoms with Crippen LogP contribution >= 0.6 is 15.9 Å². The van der Waals surface area contributed by atoms with Gasteiger partial charge in [0.25, 0.3) is 11.8 Å². The number of nitrogens with one attached hydrogen (secondary N) is 2. The van der Waals surface area contributed by atoms with Crippen molar-refractivity contribution >= 4 is 27.7 Å². The van der Waals surface area contributed by atoms with Gasteiger partial charge in [0.15, 0.2) is 0 Å². The van der Waals surface area contributed by atoms with E-state index in [9.17, 15) is 14.7 Å². The molecule has 0 heterocycles. The molecule has 2 amide bonds. The minimum absolute atomic E-state index is 0.394. The molecule has 1 aromatic rings. The highest BCUT2D eigenvalue weighted by Gasteiger charge is 2.26. The lowest BCUT2D eigenvalue weighted by atomic mass is 9.84. The van der Waals surface area contributed by atoms with Crippen LogP contribution in [-0.4, -0.2) is 29.1 Å². The second-order valence-electron chi connectivity index (χ2n) is 6.30. The summed E-state index contributed by atoms with van der Waals surface area (Å²) in [6.07, 6.45) is 5.09. The first-order valence-corrected chi connectivity index (χ1v) is 9.06. The van der Waals surface area contributed by atoms with E-state index in [0.29, 0.717) is 17.9 Å². The van der Waals surface area contributed by atoms with Crippen LogP contribution in [0.1, 0.15) is 48.9 Å². The van der Waals surface area contributed by atoms with Crippen molar-refractivity contribution in [1.29, 1.82) is 0 Å². The molecule has 7 heteroatoms. The number of carbonyl (C=O) groups is 2. The maximum Gasteiger partial charge on any atom is 0.269 e. The standard InChI is InChI=1S/C17H24BrN3O3/c18-13-8-4-7-12(10-13)16(23)20-21-17(24)15(22)14(19)9-11-5-2-1-3-6-11/h4,7-8,10-11,14-15,22H,1-3,5-6,9,19H2,(H,20,23)(H,21,24). The van der Waals surface area contributed by atoms with Crippen LogP contribution in [0.2, 0.25) is 0 Å². The third-order valence-corrected chi connectivity index (χ3v) is 4.88. The third kappa shape index (κ3) is 5.58. The number of halogens is 1. The fourth-order valence-electron chi connectivity index (χ4n) is 3.03. The molecule has 132 valence electrons. The number of aliphatic hydroxyl groups excluding tert-OH is 1. The van der Waals surface area contributed by atoms with Gasteiger partial charge in [0.2, 0.25) is 0 Å². The summed E-state index contributed by atoms with van der Waals surface area (Å²) in [4.78, 5) is 23.9. The fraction of sp³-hybridized carbons (Fsp3) is 0.529. The van der Waals surface area contributed by atoms with Crippen molar-refractivity contribution in [3.63, 3.8) is 0 Å². The number of hydrogen-bond donors (Lipinski definition) is 4. The Bertz CT molecular complexity index is 576. The molecule has 2 rings (SSSR count). The zero-order valence-corrected chi connectivity index (χ0v) is 15.1. The van der Waals surface area contributed by atoms with Crippen molar-refractivity contribution < 1.29 is 14.7 Å². The zero-order valence-electron chi connectivity index (χ0n) is 13.5. The van der Waals surface area contributed by atoms with Crippen LogP contribution in [0.15, 0.2) is 28.7 Å². The van der Waals surface area contributed by atoms with E-state index in [4.69, 9.17) is 5.73 Å². The first-order chi connectivity index (χ1) is 11.5. The van der Waals surface area contributed by atoms with E-state index in [1.54, 1.807) is 24.3 Å². The van der Waals surface area contributed by atoms with Crippen molar-refractivity contribution in [2.75, 3.05) is 0 Å². The van der Waals surface area contributed by atoms with Gasteiger partial charge in [0.05, 0.1) is 0 Å². The van der Waals surface area contributed by atoms with E-state index in [-0.39, 0.29) is 0 Å². The first-order valence-electron chi connectivity index (χ1n) is 8.27. The van der Waals surface area contributed by atoms with Crippen molar-refractivity contribution in [3.8, 4) is 0 Å². The molecule has 2 unspecified atom stereocenters. The van der Waals surface area contributed by atoms with Gasteiger partial charge in [-0.3, -0.25) is 20.4 Å². The van der Waals surface area contributed by atoms with E-state index < -0.39 is 24.0 Å². The monoisotopic (exact) mass is 397 g/mol. The molecule has 6 nitrogen and oxygen atoms in total. The number of amides is 2. The van der Waals surface area contributed by atoms with E-state index in [2.05, 4.69) is 26.8 Å². The predicted molar refractivity (Wildman–Crippen MR) is 94.9 cm³/mol. The average molecular weight is 398 g/mol. The maximum atomic E-state index is 12.0. The van der Waals surface area contributed by atoms with Gasteiger partial charge < -0.3 is 10.8 Å². The SMILES string of the molecule is NC(CC1CCCCC1)C(O)C(=O)NNC(=O)c1cccc(Br)c1. The number of hydrazine groups is 1. The summed E-state index contributed by atoms with van der Waals surface area (Å²) in [5.41, 5.74) is 10.9. The minimum atomic E-state index is -1.34. The topological polar surface area (TPSA) is 104 Å². The normalized spacial score (nSPS) is 17.8. The molecule has 5 N–H and O–H groups in total. The zero-order chi connectivity index (χ0) is 17.5. The van der Waals surface area contributed by atoms with Crippen LogP contribution in [0.4, 0.5) is 0 Å². The molecule has 0 radical (unpaired) electrons. The van der Waals surface area contributed by atoms with E-state index in [0.717, 1.165) is 17.3 Å². The van der Waals surface area contributed by atoms with Gasteiger partial charge in [-0.2, -0.15) is 0 Å². The lowest BCUT2D eigenvalue weighted by Gasteiger charge is -2.26. The lowest BCUT2D eigenvalue weighted by Crippen LogP contribution is -2.52. The van der Waals surface area contributed by atoms with Crippen LogP contribution in [-0.2, 0) is 4.79 Å². The van der Waals surface area contributed by atoms with E-state index in [1.165, 1.54) is 19.3 Å². The molecule has 0 saturated heterocycles. The summed E-state index contributed by atoms with van der Waals surface area (Å²) < 4.78 is 0.760. The summed E-state index contributed by atoms with van der Waals surface area (Å²) in [6.45, 7) is 0. The molecule has 1 aliphatic carbocycles. The Kier molecular flexibility index (Phi) is 7.20. The Morgan fingerprint density at radius 3 is 2.62 bits per heavy atom. The van der Waals surface area contributed by atoms with Crippen LogP contribution in [0.25, 0.3) is 0 Å². The van der Waals surface area contributed by atoms with Crippen LogP contribution < -0.4 is 16.6 Å². The van der Waals surface area contributed by atoms with Gasteiger partial charge in [0, 0.05) is 16.1 Å². The van der Waals surface area contributed by atoms with Crippen LogP contribution in [0, 0.1) is 5.92 Å². The Hall–Kier alpha value is -1.44. The summed E-state index contributed by atoms with van der Waals surface area (Å²) in [6, 6.07) is 6.14. The smallest absolute Gasteiger partial charge is 0.269 e. The Balaban J connectivity index is 1.79. The largest absolute Gasteiger partial charge is 0.382 e. The molecule has 0 spiro atoms. The molecule has 1 aliphatic rings. The average Bonchev–Trinajstić information content (AvgIpc) is 2.59. The number of rotatable bonds is 5. The quantitative estimate of drug-likeness (QED) is 0.569. The van der Waals surface area contributed by atoms with Gasteiger partial charge >= 0.3 is 0 Å². The molecule has 0 aliphatic heterocycles. The number of benzene rings is 1. The molecular formula is C17H24BrN3O3. The molecule has 0 aromatic heterocycles. The molecule has 2 atom stereocenters. The minimum Gasteiger partial charge on any atom is -0.382 e. The van der Waals surface area contributed by atoms with Crippen molar-refractivity contribution in [2.24, 2.45) is 11.7 Å². The number of aliphatic hydroxyl groups is 1. The van der Waals surface area contributed by atoms with Gasteiger partial charge in [-0.15, -0.1) is 0 Å². The molecule has 24 heavy (non-hydrogen) atoms. The highest BCUT2D eigenvalue weighted by atomic mass is 79.9. The van der Waals surface area contributed by atoms with E-state index in [1.807, 2.05) is 0 Å². The molecule has 0 bridgehead atoms. The number of carbonyl (C=O) groups excluding carboxylic acids is 2. The van der Waals surface area contributed by atoms with E-state index >= 15 is 0 Å². The third-order valence-electron chi connectivity index (χ3n) is 4.39. The number of hydrogen-bond acceptors (Lipinski definition) is 4. The summed E-state index contributed by atoms with van der Waals surface area (Å²) in [7, 11) is 0. The Labute approximate surface area is 150 Å². The molecule has 1 saturated carbocycles. The van der Waals surface area contributed by atoms with Crippen molar-refractivity contribution in [2.45, 2.75) is 50.7 Å². The second kappa shape index (κ2) is 9.15. The predicted octanol–water partition coefficient (Wildman–Crippen LogP) is 1.87. The highest BCUT2D eigenvalue weighted by Crippen LogP contribution is 2.27. The summed E-state index contributed by atoms with van der Waals surface area (Å²) in [5.74, 6) is -0.688. The van der Waals surface area contributed by atoms with Gasteiger partial charge in [0.1, 0.15) is 6.10 Å². The molecular weight excluding hydrogens is 374 g/mol. The second-order valence-corrected chi connectivity index (χ2v) is 7.22. The molecule has 1 fully saturated rings. The fourth-order valence-corrected chi connectivity index (χ4v) is 3.42. The Morgan fingerprint density at radius 1 is 1.25 bits per heavy atom. The van der Waals surface area contributed by atoms with Gasteiger partial charge in [-0.05, 0) is 30.5 Å². The van der Waals surface area contributed by atoms with Crippen molar-refractivity contribution in [1.82, 2.24) is 10.9 Å². The number of nitrogens with two attached hydrogens (primary N) is 1. The molecule has 1 aromatic carbocycles. The first kappa shape index (κ1) is 18.9. The van der Waals surface area contributed by atoms with Crippen LogP contribution in [0.3, 0.4) is 0 Å². The maximum absolute atomic E-state index is 12.0.